The summed E-state index contributed by atoms with van der Waals surface area (Å²) in [4.78, 5) is 9.16. The summed E-state index contributed by atoms with van der Waals surface area (Å²) in [5.74, 6) is 0. The molecule has 0 saturated carbocycles. The molecule has 1 aliphatic heterocycles. The molecule has 3 rings (SSSR count). The molecule has 2 heterocycles. The Labute approximate surface area is 107 Å². The van der Waals surface area contributed by atoms with Gasteiger partial charge in [0.05, 0.1) is 0 Å². The summed E-state index contributed by atoms with van der Waals surface area (Å²) < 4.78 is 5.87. The van der Waals surface area contributed by atoms with Crippen molar-refractivity contribution in [1.82, 2.24) is 9.88 Å². The number of likely N-dealkylation sites (N-methyl/N-ethyl adjacent to an activating group) is 1. The van der Waals surface area contributed by atoms with Crippen molar-refractivity contribution in [3.8, 4) is 0 Å². The van der Waals surface area contributed by atoms with Crippen molar-refractivity contribution in [3.63, 3.8) is 0 Å². The van der Waals surface area contributed by atoms with Gasteiger partial charge in [0.15, 0.2) is 5.58 Å². The molecule has 1 aromatic heterocycles. The predicted molar refractivity (Wildman–Crippen MR) is 73.2 cm³/mol. The van der Waals surface area contributed by atoms with Crippen LogP contribution in [0.4, 0.5) is 6.01 Å². The molecule has 0 atom stereocenters. The van der Waals surface area contributed by atoms with Gasteiger partial charge in [0, 0.05) is 26.2 Å². The zero-order chi connectivity index (χ0) is 12.7. The minimum Gasteiger partial charge on any atom is -0.423 e. The Kier molecular flexibility index (Phi) is 2.74. The minimum absolute atomic E-state index is 0.767. The van der Waals surface area contributed by atoms with Crippen molar-refractivity contribution in [1.29, 1.82) is 0 Å². The summed E-state index contributed by atoms with van der Waals surface area (Å²) in [5, 5.41) is 0. The number of hydrogen-bond donors (Lipinski definition) is 0. The van der Waals surface area contributed by atoms with Gasteiger partial charge in [-0.15, -0.1) is 0 Å². The third kappa shape index (κ3) is 1.97. The monoisotopic (exact) mass is 245 g/mol. The summed E-state index contributed by atoms with van der Waals surface area (Å²) in [7, 11) is 2.15. The smallest absolute Gasteiger partial charge is 0.298 e. The van der Waals surface area contributed by atoms with Crippen LogP contribution in [0.1, 0.15) is 11.1 Å². The second-order valence-corrected chi connectivity index (χ2v) is 5.19. The van der Waals surface area contributed by atoms with Crippen molar-refractivity contribution < 1.29 is 4.42 Å². The van der Waals surface area contributed by atoms with Gasteiger partial charge in [0.2, 0.25) is 0 Å². The van der Waals surface area contributed by atoms with Gasteiger partial charge in [0.1, 0.15) is 5.52 Å². The lowest BCUT2D eigenvalue weighted by Gasteiger charge is -2.31. The van der Waals surface area contributed by atoms with Crippen LogP contribution >= 0.6 is 0 Å². The van der Waals surface area contributed by atoms with Crippen LogP contribution in [-0.4, -0.2) is 43.1 Å². The Hall–Kier alpha value is -1.55. The maximum atomic E-state index is 5.87. The molecule has 1 saturated heterocycles. The molecule has 1 aromatic carbocycles. The number of oxazole rings is 1. The van der Waals surface area contributed by atoms with Gasteiger partial charge >= 0.3 is 0 Å². The quantitative estimate of drug-likeness (QED) is 0.771. The number of fused-ring (bicyclic) bond motifs is 1. The van der Waals surface area contributed by atoms with Gasteiger partial charge in [0.25, 0.3) is 6.01 Å². The fraction of sp³-hybridized carbons (Fsp3) is 0.500. The number of benzene rings is 1. The molecule has 0 unspecified atom stereocenters. The Morgan fingerprint density at radius 1 is 1.06 bits per heavy atom. The lowest BCUT2D eigenvalue weighted by atomic mass is 10.1. The first kappa shape index (κ1) is 11.5. The first-order valence-electron chi connectivity index (χ1n) is 6.45. The highest BCUT2D eigenvalue weighted by Crippen LogP contribution is 2.25. The molecule has 0 N–H and O–H groups in total. The highest BCUT2D eigenvalue weighted by atomic mass is 16.4. The lowest BCUT2D eigenvalue weighted by Crippen LogP contribution is -2.44. The van der Waals surface area contributed by atoms with E-state index in [2.05, 4.69) is 47.8 Å². The maximum absolute atomic E-state index is 5.87. The molecule has 0 bridgehead atoms. The molecule has 1 aliphatic rings. The molecule has 18 heavy (non-hydrogen) atoms. The molecule has 1 fully saturated rings. The average molecular weight is 245 g/mol. The molecule has 2 aromatic rings. The van der Waals surface area contributed by atoms with E-state index in [0.29, 0.717) is 0 Å². The second kappa shape index (κ2) is 4.28. The van der Waals surface area contributed by atoms with Crippen molar-refractivity contribution in [2.75, 3.05) is 38.1 Å². The number of anilines is 1. The molecule has 0 spiro atoms. The zero-order valence-electron chi connectivity index (χ0n) is 11.2. The van der Waals surface area contributed by atoms with Crippen LogP contribution in [0.3, 0.4) is 0 Å². The van der Waals surface area contributed by atoms with Gasteiger partial charge < -0.3 is 14.2 Å². The van der Waals surface area contributed by atoms with E-state index in [-0.39, 0.29) is 0 Å². The number of aromatic nitrogens is 1. The van der Waals surface area contributed by atoms with Crippen LogP contribution in [0.15, 0.2) is 16.5 Å². The molecule has 4 nitrogen and oxygen atoms in total. The van der Waals surface area contributed by atoms with Crippen LogP contribution in [0.5, 0.6) is 0 Å². The molecular formula is C14H19N3O. The topological polar surface area (TPSA) is 32.5 Å². The van der Waals surface area contributed by atoms with Crippen molar-refractivity contribution in [3.05, 3.63) is 23.3 Å². The SMILES string of the molecule is Cc1cc2nc(N3CCN(C)CC3)oc2cc1C. The van der Waals surface area contributed by atoms with E-state index in [0.717, 1.165) is 43.3 Å². The Balaban J connectivity index is 1.93. The third-order valence-electron chi connectivity index (χ3n) is 3.77. The summed E-state index contributed by atoms with van der Waals surface area (Å²) in [6, 6.07) is 4.95. The molecular weight excluding hydrogens is 226 g/mol. The van der Waals surface area contributed by atoms with E-state index in [1.54, 1.807) is 0 Å². The van der Waals surface area contributed by atoms with E-state index in [1.807, 2.05) is 0 Å². The standard InChI is InChI=1S/C14H19N3O/c1-10-8-12-13(9-11(10)2)18-14(15-12)17-6-4-16(3)5-7-17/h8-9H,4-7H2,1-3H3. The van der Waals surface area contributed by atoms with Crippen molar-refractivity contribution >= 4 is 17.1 Å². The molecule has 0 amide bonds. The summed E-state index contributed by atoms with van der Waals surface area (Å²) in [6.07, 6.45) is 0. The number of aryl methyl sites for hydroxylation is 2. The van der Waals surface area contributed by atoms with Gasteiger partial charge in [-0.2, -0.15) is 4.98 Å². The highest BCUT2D eigenvalue weighted by Gasteiger charge is 2.19. The zero-order valence-corrected chi connectivity index (χ0v) is 11.2. The summed E-state index contributed by atoms with van der Waals surface area (Å²) >= 11 is 0. The largest absolute Gasteiger partial charge is 0.423 e. The third-order valence-corrected chi connectivity index (χ3v) is 3.77. The van der Waals surface area contributed by atoms with Crippen LogP contribution in [0.2, 0.25) is 0 Å². The normalized spacial score (nSPS) is 17.6. The highest BCUT2D eigenvalue weighted by molar-refractivity contribution is 5.76. The van der Waals surface area contributed by atoms with Gasteiger partial charge in [-0.25, -0.2) is 0 Å². The summed E-state index contributed by atoms with van der Waals surface area (Å²) in [6.45, 7) is 8.32. The maximum Gasteiger partial charge on any atom is 0.298 e. The van der Waals surface area contributed by atoms with E-state index < -0.39 is 0 Å². The van der Waals surface area contributed by atoms with Gasteiger partial charge in [-0.3, -0.25) is 0 Å². The minimum atomic E-state index is 0.767. The van der Waals surface area contributed by atoms with E-state index in [9.17, 15) is 0 Å². The Morgan fingerprint density at radius 3 is 2.44 bits per heavy atom. The molecule has 4 heteroatoms. The Bertz CT molecular complexity index is 529. The predicted octanol–water partition coefficient (Wildman–Crippen LogP) is 2.20. The van der Waals surface area contributed by atoms with E-state index in [4.69, 9.17) is 4.42 Å². The molecule has 0 aliphatic carbocycles. The van der Waals surface area contributed by atoms with Crippen LogP contribution in [0.25, 0.3) is 11.1 Å². The van der Waals surface area contributed by atoms with Crippen molar-refractivity contribution in [2.45, 2.75) is 13.8 Å². The van der Waals surface area contributed by atoms with Crippen molar-refractivity contribution in [2.24, 2.45) is 0 Å². The first-order chi connectivity index (χ1) is 8.63. The van der Waals surface area contributed by atoms with Crippen LogP contribution in [-0.2, 0) is 0 Å². The Morgan fingerprint density at radius 2 is 1.72 bits per heavy atom. The van der Waals surface area contributed by atoms with E-state index in [1.165, 1.54) is 11.1 Å². The first-order valence-corrected chi connectivity index (χ1v) is 6.45. The van der Waals surface area contributed by atoms with Gasteiger partial charge in [-0.05, 0) is 44.2 Å². The van der Waals surface area contributed by atoms with Gasteiger partial charge in [-0.1, -0.05) is 0 Å². The fourth-order valence-electron chi connectivity index (χ4n) is 2.30. The number of rotatable bonds is 1. The van der Waals surface area contributed by atoms with E-state index >= 15 is 0 Å². The molecule has 0 radical (unpaired) electrons. The second-order valence-electron chi connectivity index (χ2n) is 5.19. The number of nitrogens with zero attached hydrogens (tertiary/aromatic N) is 3. The van der Waals surface area contributed by atoms with Crippen LogP contribution < -0.4 is 4.90 Å². The van der Waals surface area contributed by atoms with Crippen LogP contribution in [0, 0.1) is 13.8 Å². The summed E-state index contributed by atoms with van der Waals surface area (Å²) in [5.41, 5.74) is 4.38. The number of hydrogen-bond acceptors (Lipinski definition) is 4. The number of piperazine rings is 1. The lowest BCUT2D eigenvalue weighted by molar-refractivity contribution is 0.305. The average Bonchev–Trinajstić information content (AvgIpc) is 2.73. The molecule has 96 valence electrons. The fourth-order valence-corrected chi connectivity index (χ4v) is 2.30.